The number of nitrogens with zero attached hydrogens (tertiary/aromatic N) is 1. The fraction of sp³-hybridized carbons (Fsp3) is 0.125. The number of aromatic amines is 1. The minimum Gasteiger partial charge on any atom is -0.463 e. The first-order valence-electron chi connectivity index (χ1n) is 4.17. The van der Waals surface area contributed by atoms with Crippen molar-refractivity contribution >= 4 is 18.5 Å². The van der Waals surface area contributed by atoms with E-state index >= 15 is 0 Å². The van der Waals surface area contributed by atoms with Gasteiger partial charge in [-0.2, -0.15) is 0 Å². The monoisotopic (exact) mass is 228 g/mol. The fourth-order valence-electron chi connectivity index (χ4n) is 1.19. The fourth-order valence-corrected chi connectivity index (χ4v) is 1.48. The van der Waals surface area contributed by atoms with Gasteiger partial charge in [0.25, 0.3) is 0 Å². The predicted molar refractivity (Wildman–Crippen MR) is 53.6 cm³/mol. The van der Waals surface area contributed by atoms with E-state index in [0.717, 1.165) is 5.52 Å². The summed E-state index contributed by atoms with van der Waals surface area (Å²) in [7, 11) is -4.16. The Kier molecular flexibility index (Phi) is 2.48. The van der Waals surface area contributed by atoms with Crippen molar-refractivity contribution in [2.75, 3.05) is 6.35 Å². The molecule has 2 rings (SSSR count). The first-order chi connectivity index (χ1) is 7.06. The highest BCUT2D eigenvalue weighted by Crippen LogP contribution is 2.35. The molecule has 0 aliphatic rings. The van der Waals surface area contributed by atoms with Gasteiger partial charge >= 0.3 is 7.60 Å². The van der Waals surface area contributed by atoms with Crippen LogP contribution in [0.25, 0.3) is 10.9 Å². The zero-order chi connectivity index (χ0) is 10.9. The van der Waals surface area contributed by atoms with E-state index in [4.69, 9.17) is 14.5 Å². The molecule has 2 aromatic rings. The van der Waals surface area contributed by atoms with Crippen molar-refractivity contribution in [3.05, 3.63) is 24.3 Å². The van der Waals surface area contributed by atoms with Gasteiger partial charge in [-0.1, -0.05) is 12.1 Å². The van der Waals surface area contributed by atoms with Gasteiger partial charge in [-0.15, -0.1) is 5.10 Å². The lowest BCUT2D eigenvalue weighted by atomic mass is 10.2. The van der Waals surface area contributed by atoms with Gasteiger partial charge in [-0.25, -0.2) is 0 Å². The van der Waals surface area contributed by atoms with Crippen LogP contribution in [0.2, 0.25) is 0 Å². The molecule has 1 heterocycles. The number of rotatable bonds is 3. The third-order valence-corrected chi connectivity index (χ3v) is 2.27. The molecule has 1 aromatic carbocycles. The van der Waals surface area contributed by atoms with Crippen LogP contribution in [-0.2, 0) is 4.57 Å². The van der Waals surface area contributed by atoms with E-state index in [9.17, 15) is 4.57 Å². The van der Waals surface area contributed by atoms with E-state index in [0.29, 0.717) is 5.39 Å². The van der Waals surface area contributed by atoms with E-state index in [-0.39, 0.29) is 5.88 Å². The first-order valence-corrected chi connectivity index (χ1v) is 5.96. The average Bonchev–Trinajstić information content (AvgIpc) is 2.57. The van der Waals surface area contributed by atoms with Crippen LogP contribution in [0.15, 0.2) is 24.3 Å². The third kappa shape index (κ3) is 2.36. The van der Waals surface area contributed by atoms with Crippen LogP contribution in [0.3, 0.4) is 0 Å². The number of aromatic nitrogens is 2. The smallest absolute Gasteiger partial charge is 0.362 e. The van der Waals surface area contributed by atoms with E-state index in [1.807, 2.05) is 6.07 Å². The summed E-state index contributed by atoms with van der Waals surface area (Å²) >= 11 is 0. The van der Waals surface area contributed by atoms with Crippen LogP contribution in [0, 0.1) is 0 Å². The summed E-state index contributed by atoms with van der Waals surface area (Å²) in [5.41, 5.74) is 0.762. The normalized spacial score (nSPS) is 11.9. The molecule has 0 aliphatic heterocycles. The summed E-state index contributed by atoms with van der Waals surface area (Å²) in [4.78, 5) is 17.3. The molecule has 6 nitrogen and oxygen atoms in total. The maximum Gasteiger partial charge on any atom is 0.362 e. The second-order valence-electron chi connectivity index (χ2n) is 3.01. The number of ether oxygens (including phenoxy) is 1. The summed E-state index contributed by atoms with van der Waals surface area (Å²) < 4.78 is 15.5. The molecule has 0 unspecified atom stereocenters. The maximum atomic E-state index is 10.6. The largest absolute Gasteiger partial charge is 0.463 e. The van der Waals surface area contributed by atoms with Crippen LogP contribution in [0.5, 0.6) is 5.88 Å². The minimum atomic E-state index is -4.16. The van der Waals surface area contributed by atoms with Gasteiger partial charge < -0.3 is 14.5 Å². The second kappa shape index (κ2) is 3.66. The topological polar surface area (TPSA) is 95.4 Å². The van der Waals surface area contributed by atoms with Crippen molar-refractivity contribution in [1.82, 2.24) is 10.2 Å². The summed E-state index contributed by atoms with van der Waals surface area (Å²) in [6, 6.07) is 7.18. The van der Waals surface area contributed by atoms with Gasteiger partial charge in [0.2, 0.25) is 5.88 Å². The van der Waals surface area contributed by atoms with Gasteiger partial charge in [0, 0.05) is 0 Å². The Balaban J connectivity index is 2.25. The summed E-state index contributed by atoms with van der Waals surface area (Å²) in [6.45, 7) is 0. The van der Waals surface area contributed by atoms with Crippen LogP contribution >= 0.6 is 7.60 Å². The van der Waals surface area contributed by atoms with Crippen LogP contribution in [-0.4, -0.2) is 26.3 Å². The van der Waals surface area contributed by atoms with Gasteiger partial charge in [-0.05, 0) is 12.1 Å². The Morgan fingerprint density at radius 1 is 1.40 bits per heavy atom. The quantitative estimate of drug-likeness (QED) is 0.683. The zero-order valence-electron chi connectivity index (χ0n) is 7.62. The van der Waals surface area contributed by atoms with E-state index < -0.39 is 13.9 Å². The highest BCUT2D eigenvalue weighted by molar-refractivity contribution is 7.51. The number of para-hydroxylation sites is 1. The molecule has 0 atom stereocenters. The molecule has 1 aromatic heterocycles. The zero-order valence-corrected chi connectivity index (χ0v) is 8.52. The Labute approximate surface area is 85.0 Å². The minimum absolute atomic E-state index is 0.203. The van der Waals surface area contributed by atoms with Crippen LogP contribution in [0.1, 0.15) is 0 Å². The lowest BCUT2D eigenvalue weighted by Crippen LogP contribution is -1.98. The molecule has 0 fully saturated rings. The molecule has 80 valence electrons. The van der Waals surface area contributed by atoms with Gasteiger partial charge in [0.1, 0.15) is 0 Å². The lowest BCUT2D eigenvalue weighted by molar-refractivity contribution is 0.296. The van der Waals surface area contributed by atoms with E-state index in [1.54, 1.807) is 18.2 Å². The lowest BCUT2D eigenvalue weighted by Gasteiger charge is -2.04. The number of H-pyrrole nitrogens is 1. The number of hydrogen-bond donors (Lipinski definition) is 3. The predicted octanol–water partition coefficient (Wildman–Crippen LogP) is 1.08. The molecule has 3 N–H and O–H groups in total. The summed E-state index contributed by atoms with van der Waals surface area (Å²) in [5.74, 6) is 0.203. The highest BCUT2D eigenvalue weighted by Gasteiger charge is 2.16. The van der Waals surface area contributed by atoms with Gasteiger partial charge in [0.15, 0.2) is 6.35 Å². The maximum absolute atomic E-state index is 10.6. The molecule has 0 saturated heterocycles. The molecule has 0 amide bonds. The molecule has 15 heavy (non-hydrogen) atoms. The SMILES string of the molecule is O=P(O)(O)COc1n[nH]c2ccccc12. The Morgan fingerprint density at radius 2 is 2.13 bits per heavy atom. The van der Waals surface area contributed by atoms with Crippen molar-refractivity contribution in [2.24, 2.45) is 0 Å². The Bertz CT molecular complexity index is 518. The molecule has 0 bridgehead atoms. The molecule has 0 spiro atoms. The number of nitrogens with one attached hydrogen (secondary N) is 1. The molecule has 0 radical (unpaired) electrons. The van der Waals surface area contributed by atoms with Crippen LogP contribution in [0.4, 0.5) is 0 Å². The summed E-state index contributed by atoms with van der Waals surface area (Å²) in [5, 5.41) is 7.20. The first kappa shape index (κ1) is 10.2. The second-order valence-corrected chi connectivity index (χ2v) is 4.60. The average molecular weight is 228 g/mol. The Morgan fingerprint density at radius 3 is 2.87 bits per heavy atom. The number of fused-ring (bicyclic) bond motifs is 1. The Hall–Kier alpha value is -1.36. The van der Waals surface area contributed by atoms with E-state index in [2.05, 4.69) is 10.2 Å². The molecule has 7 heteroatoms. The van der Waals surface area contributed by atoms with Gasteiger partial charge in [0.05, 0.1) is 10.9 Å². The van der Waals surface area contributed by atoms with Crippen molar-refractivity contribution in [3.63, 3.8) is 0 Å². The van der Waals surface area contributed by atoms with Crippen molar-refractivity contribution in [1.29, 1.82) is 0 Å². The van der Waals surface area contributed by atoms with Gasteiger partial charge in [-0.3, -0.25) is 9.66 Å². The number of hydrogen-bond acceptors (Lipinski definition) is 3. The molecular weight excluding hydrogens is 219 g/mol. The molecule has 0 aliphatic carbocycles. The molecular formula is C8H9N2O4P. The van der Waals surface area contributed by atoms with Crippen molar-refractivity contribution < 1.29 is 19.1 Å². The van der Waals surface area contributed by atoms with Crippen molar-refractivity contribution in [3.8, 4) is 5.88 Å². The highest BCUT2D eigenvalue weighted by atomic mass is 31.2. The molecule has 0 saturated carbocycles. The summed E-state index contributed by atoms with van der Waals surface area (Å²) in [6.07, 6.45) is -0.665. The standard InChI is InChI=1S/C8H9N2O4P/c11-15(12,13)5-14-8-6-3-1-2-4-7(6)9-10-8/h1-4H,5H2,(H,9,10)(H2,11,12,13). The van der Waals surface area contributed by atoms with Crippen LogP contribution < -0.4 is 4.74 Å². The number of benzene rings is 1. The van der Waals surface area contributed by atoms with Crippen molar-refractivity contribution in [2.45, 2.75) is 0 Å². The van der Waals surface area contributed by atoms with E-state index in [1.165, 1.54) is 0 Å². The third-order valence-electron chi connectivity index (χ3n) is 1.80.